The van der Waals surface area contributed by atoms with E-state index in [2.05, 4.69) is 22.0 Å². The van der Waals surface area contributed by atoms with Gasteiger partial charge in [0.15, 0.2) is 0 Å². The highest BCUT2D eigenvalue weighted by molar-refractivity contribution is 7.20. The molecular formula is C21H21FN4O2S. The van der Waals surface area contributed by atoms with Crippen LogP contribution in [-0.4, -0.2) is 52.5 Å². The number of halogens is 1. The van der Waals surface area contributed by atoms with Crippen molar-refractivity contribution in [1.29, 1.82) is 0 Å². The van der Waals surface area contributed by atoms with Gasteiger partial charge in [-0.25, -0.2) is 14.2 Å². The van der Waals surface area contributed by atoms with Crippen LogP contribution in [0.15, 0.2) is 42.5 Å². The minimum atomic E-state index is -0.300. The maximum Gasteiger partial charge on any atom is 0.315 e. The Morgan fingerprint density at radius 3 is 2.76 bits per heavy atom. The Morgan fingerprint density at radius 2 is 2.03 bits per heavy atom. The number of likely N-dealkylation sites (tertiary alicyclic amines) is 2. The number of hydrogen-bond acceptors (Lipinski definition) is 5. The van der Waals surface area contributed by atoms with Gasteiger partial charge in [0, 0.05) is 37.8 Å². The molecule has 2 aliphatic rings. The van der Waals surface area contributed by atoms with E-state index in [1.165, 1.54) is 29.0 Å². The lowest BCUT2D eigenvalue weighted by atomic mass is 10.1. The van der Waals surface area contributed by atoms with E-state index in [0.29, 0.717) is 22.5 Å². The third-order valence-corrected chi connectivity index (χ3v) is 6.70. The molecule has 3 heterocycles. The van der Waals surface area contributed by atoms with E-state index >= 15 is 0 Å². The SMILES string of the molecule is NC(=O)N1C[C@@H]2C[C@@H]1CN2CCc1ccc(Oc2nc3cc(F)ccc3s2)cc1. The lowest BCUT2D eigenvalue weighted by molar-refractivity contribution is 0.142. The largest absolute Gasteiger partial charge is 0.431 e. The van der Waals surface area contributed by atoms with Crippen LogP contribution in [0, 0.1) is 5.82 Å². The smallest absolute Gasteiger partial charge is 0.315 e. The van der Waals surface area contributed by atoms with E-state index in [1.54, 1.807) is 11.0 Å². The maximum atomic E-state index is 13.3. The minimum absolute atomic E-state index is 0.274. The van der Waals surface area contributed by atoms with Gasteiger partial charge in [-0.15, -0.1) is 0 Å². The van der Waals surface area contributed by atoms with E-state index in [0.717, 1.165) is 37.2 Å². The Morgan fingerprint density at radius 1 is 1.21 bits per heavy atom. The Labute approximate surface area is 171 Å². The van der Waals surface area contributed by atoms with Crippen molar-refractivity contribution in [1.82, 2.24) is 14.8 Å². The second kappa shape index (κ2) is 7.27. The third-order valence-electron chi connectivity index (χ3n) is 5.78. The fourth-order valence-electron chi connectivity index (χ4n) is 4.31. The molecule has 6 nitrogen and oxygen atoms in total. The van der Waals surface area contributed by atoms with Crippen LogP contribution in [0.4, 0.5) is 9.18 Å². The number of aromatic nitrogens is 1. The number of benzene rings is 2. The monoisotopic (exact) mass is 412 g/mol. The Balaban J connectivity index is 1.17. The number of ether oxygens (including phenoxy) is 1. The summed E-state index contributed by atoms with van der Waals surface area (Å²) in [6, 6.07) is 13.0. The molecule has 0 spiro atoms. The molecule has 1 aromatic heterocycles. The molecule has 0 radical (unpaired) electrons. The summed E-state index contributed by atoms with van der Waals surface area (Å²) in [4.78, 5) is 20.0. The van der Waals surface area contributed by atoms with Crippen molar-refractivity contribution in [3.8, 4) is 10.9 Å². The Kier molecular flexibility index (Phi) is 4.60. The van der Waals surface area contributed by atoms with Gasteiger partial charge in [0.05, 0.1) is 10.2 Å². The van der Waals surface area contributed by atoms with Gasteiger partial charge in [0.25, 0.3) is 5.19 Å². The van der Waals surface area contributed by atoms with Crippen molar-refractivity contribution in [3.05, 3.63) is 53.8 Å². The van der Waals surface area contributed by atoms with E-state index in [-0.39, 0.29) is 17.9 Å². The van der Waals surface area contributed by atoms with Gasteiger partial charge in [-0.05, 0) is 42.7 Å². The van der Waals surface area contributed by atoms with Gasteiger partial charge < -0.3 is 15.4 Å². The zero-order valence-corrected chi connectivity index (χ0v) is 16.6. The number of amides is 2. The number of urea groups is 1. The summed E-state index contributed by atoms with van der Waals surface area (Å²) < 4.78 is 20.0. The number of fused-ring (bicyclic) bond motifs is 3. The second-order valence-corrected chi connectivity index (χ2v) is 8.61. The number of thiazole rings is 1. The van der Waals surface area contributed by atoms with Gasteiger partial charge >= 0.3 is 6.03 Å². The number of carbonyl (C=O) groups is 1. The molecule has 2 bridgehead atoms. The molecule has 2 fully saturated rings. The molecule has 0 aliphatic carbocycles. The van der Waals surface area contributed by atoms with Crippen LogP contribution in [0.25, 0.3) is 10.2 Å². The van der Waals surface area contributed by atoms with Crippen LogP contribution in [0.1, 0.15) is 12.0 Å². The normalized spacial score (nSPS) is 21.2. The molecule has 8 heteroatoms. The van der Waals surface area contributed by atoms with Gasteiger partial charge in [0.1, 0.15) is 11.6 Å². The Hall–Kier alpha value is -2.71. The summed E-state index contributed by atoms with van der Waals surface area (Å²) in [5, 5.41) is 0.505. The molecular weight excluding hydrogens is 391 g/mol. The first-order chi connectivity index (χ1) is 14.0. The third kappa shape index (κ3) is 3.65. The van der Waals surface area contributed by atoms with Crippen LogP contribution in [0.5, 0.6) is 10.9 Å². The summed E-state index contributed by atoms with van der Waals surface area (Å²) in [7, 11) is 0. The first-order valence-corrected chi connectivity index (χ1v) is 10.5. The summed E-state index contributed by atoms with van der Waals surface area (Å²) in [6.45, 7) is 2.63. The van der Waals surface area contributed by atoms with Crippen LogP contribution in [-0.2, 0) is 6.42 Å². The quantitative estimate of drug-likeness (QED) is 0.695. The molecule has 2 N–H and O–H groups in total. The van der Waals surface area contributed by atoms with Crippen LogP contribution in [0.3, 0.4) is 0 Å². The number of nitrogens with zero attached hydrogens (tertiary/aromatic N) is 3. The van der Waals surface area contributed by atoms with Gasteiger partial charge in [-0.3, -0.25) is 4.90 Å². The van der Waals surface area contributed by atoms with E-state index < -0.39 is 0 Å². The number of primary amides is 1. The lowest BCUT2D eigenvalue weighted by Crippen LogP contribution is -2.50. The number of carbonyl (C=O) groups excluding carboxylic acids is 1. The predicted octanol–water partition coefficient (Wildman–Crippen LogP) is 3.61. The number of nitrogens with two attached hydrogens (primary N) is 1. The molecule has 5 rings (SSSR count). The number of hydrogen-bond donors (Lipinski definition) is 1. The van der Waals surface area contributed by atoms with Crippen molar-refractivity contribution in [3.63, 3.8) is 0 Å². The van der Waals surface area contributed by atoms with Crippen LogP contribution >= 0.6 is 11.3 Å². The zero-order valence-electron chi connectivity index (χ0n) is 15.8. The van der Waals surface area contributed by atoms with Gasteiger partial charge in [0.2, 0.25) is 0 Å². The molecule has 2 amide bonds. The molecule has 29 heavy (non-hydrogen) atoms. The van der Waals surface area contributed by atoms with Gasteiger partial charge in [-0.2, -0.15) is 0 Å². The number of piperazine rings is 1. The van der Waals surface area contributed by atoms with Gasteiger partial charge in [-0.1, -0.05) is 23.5 Å². The Bertz CT molecular complexity index is 1050. The van der Waals surface area contributed by atoms with E-state index in [4.69, 9.17) is 10.5 Å². The van der Waals surface area contributed by atoms with Crippen molar-refractivity contribution >= 4 is 27.6 Å². The highest BCUT2D eigenvalue weighted by atomic mass is 32.1. The minimum Gasteiger partial charge on any atom is -0.431 e. The van der Waals surface area contributed by atoms with Crippen molar-refractivity contribution < 1.29 is 13.9 Å². The molecule has 0 saturated carbocycles. The standard InChI is InChI=1S/C21H21FN4O2S/c22-14-3-6-19-18(9-14)24-21(29-19)28-17-4-1-13(2-5-17)7-8-25-11-16-10-15(25)12-26(16)20(23)27/h1-6,9,15-16H,7-8,10-12H2,(H2,23,27)/t15-,16+/m0/s1. The van der Waals surface area contributed by atoms with Crippen molar-refractivity contribution in [2.45, 2.75) is 24.9 Å². The maximum absolute atomic E-state index is 13.3. The van der Waals surface area contributed by atoms with Crippen molar-refractivity contribution in [2.24, 2.45) is 5.73 Å². The lowest BCUT2D eigenvalue weighted by Gasteiger charge is -2.33. The molecule has 2 atom stereocenters. The molecule has 3 aromatic rings. The highest BCUT2D eigenvalue weighted by Gasteiger charge is 2.44. The summed E-state index contributed by atoms with van der Waals surface area (Å²) in [5.74, 6) is 0.415. The topological polar surface area (TPSA) is 71.7 Å². The molecule has 2 aliphatic heterocycles. The number of rotatable bonds is 5. The molecule has 0 unspecified atom stereocenters. The predicted molar refractivity (Wildman–Crippen MR) is 110 cm³/mol. The molecule has 150 valence electrons. The van der Waals surface area contributed by atoms with Crippen LogP contribution < -0.4 is 10.5 Å². The molecule has 2 aromatic carbocycles. The summed E-state index contributed by atoms with van der Waals surface area (Å²) in [5.41, 5.74) is 7.27. The van der Waals surface area contributed by atoms with Crippen LogP contribution in [0.2, 0.25) is 0 Å². The average Bonchev–Trinajstić information content (AvgIpc) is 3.40. The summed E-state index contributed by atoms with van der Waals surface area (Å²) >= 11 is 1.40. The second-order valence-electron chi connectivity index (χ2n) is 7.62. The first-order valence-electron chi connectivity index (χ1n) is 9.68. The fourth-order valence-corrected chi connectivity index (χ4v) is 5.13. The van der Waals surface area contributed by atoms with Crippen molar-refractivity contribution in [2.75, 3.05) is 19.6 Å². The highest BCUT2D eigenvalue weighted by Crippen LogP contribution is 2.32. The summed E-state index contributed by atoms with van der Waals surface area (Å²) in [6.07, 6.45) is 1.97. The fraction of sp³-hybridized carbons (Fsp3) is 0.333. The first kappa shape index (κ1) is 18.3. The molecule has 2 saturated heterocycles. The zero-order chi connectivity index (χ0) is 20.0. The van der Waals surface area contributed by atoms with E-state index in [1.807, 2.05) is 12.1 Å². The van der Waals surface area contributed by atoms with E-state index in [9.17, 15) is 9.18 Å². The average molecular weight is 412 g/mol.